The normalized spacial score (nSPS) is 10.6. The molecule has 4 aromatic rings. The third-order valence-electron chi connectivity index (χ3n) is 4.41. The van der Waals surface area contributed by atoms with Crippen LogP contribution in [-0.2, 0) is 4.74 Å². The number of furan rings is 1. The molecular formula is C24H19NO5. The highest BCUT2D eigenvalue weighted by atomic mass is 16.6. The Morgan fingerprint density at radius 1 is 0.933 bits per heavy atom. The SMILES string of the molecule is CCOC(=O)c1c(-c2ccccc2)oc2ccc(OC(=O)Nc3ccccc3)cc12. The number of rotatable bonds is 5. The van der Waals surface area contributed by atoms with E-state index in [-0.39, 0.29) is 12.4 Å². The van der Waals surface area contributed by atoms with Gasteiger partial charge in [-0.3, -0.25) is 5.32 Å². The molecule has 0 saturated heterocycles. The van der Waals surface area contributed by atoms with Crippen molar-refractivity contribution in [1.29, 1.82) is 0 Å². The van der Waals surface area contributed by atoms with Gasteiger partial charge >= 0.3 is 12.1 Å². The summed E-state index contributed by atoms with van der Waals surface area (Å²) in [6, 6.07) is 23.2. The molecule has 0 saturated carbocycles. The number of benzene rings is 3. The Morgan fingerprint density at radius 3 is 2.33 bits per heavy atom. The minimum absolute atomic E-state index is 0.232. The Bertz CT molecular complexity index is 1180. The first-order chi connectivity index (χ1) is 14.7. The predicted octanol–water partition coefficient (Wildman–Crippen LogP) is 5.89. The monoisotopic (exact) mass is 401 g/mol. The van der Waals surface area contributed by atoms with Gasteiger partial charge in [-0.25, -0.2) is 9.59 Å². The van der Waals surface area contributed by atoms with Gasteiger partial charge in [0.25, 0.3) is 0 Å². The average molecular weight is 401 g/mol. The van der Waals surface area contributed by atoms with Crippen molar-refractivity contribution >= 4 is 28.7 Å². The zero-order valence-electron chi connectivity index (χ0n) is 16.3. The summed E-state index contributed by atoms with van der Waals surface area (Å²) in [5.74, 6) is 0.192. The molecule has 1 heterocycles. The van der Waals surface area contributed by atoms with E-state index < -0.39 is 12.1 Å². The van der Waals surface area contributed by atoms with Crippen LogP contribution < -0.4 is 10.1 Å². The van der Waals surface area contributed by atoms with Crippen LogP contribution in [0, 0.1) is 0 Å². The van der Waals surface area contributed by atoms with E-state index in [2.05, 4.69) is 5.32 Å². The standard InChI is InChI=1S/C24H19NO5/c1-2-28-23(26)21-19-15-18(29-24(27)25-17-11-7-4-8-12-17)13-14-20(19)30-22(21)16-9-5-3-6-10-16/h3-15H,2H2,1H3,(H,25,27). The molecule has 3 aromatic carbocycles. The first-order valence-electron chi connectivity index (χ1n) is 9.48. The number of para-hydroxylation sites is 1. The molecule has 0 unspecified atom stereocenters. The molecule has 0 aliphatic rings. The van der Waals surface area contributed by atoms with Crippen molar-refractivity contribution in [1.82, 2.24) is 0 Å². The minimum atomic E-state index is -0.634. The third-order valence-corrected chi connectivity index (χ3v) is 4.41. The summed E-state index contributed by atoms with van der Waals surface area (Å²) >= 11 is 0. The lowest BCUT2D eigenvalue weighted by molar-refractivity contribution is 0.0528. The molecule has 4 rings (SSSR count). The predicted molar refractivity (Wildman–Crippen MR) is 114 cm³/mol. The highest BCUT2D eigenvalue weighted by Gasteiger charge is 2.24. The third kappa shape index (κ3) is 4.03. The first kappa shape index (κ1) is 19.3. The fourth-order valence-electron chi connectivity index (χ4n) is 3.11. The second-order valence-electron chi connectivity index (χ2n) is 6.43. The van der Waals surface area contributed by atoms with Crippen molar-refractivity contribution in [3.8, 4) is 17.1 Å². The molecule has 6 nitrogen and oxygen atoms in total. The number of amides is 1. The summed E-state index contributed by atoms with van der Waals surface area (Å²) in [7, 11) is 0. The van der Waals surface area contributed by atoms with Crippen LogP contribution in [0.3, 0.4) is 0 Å². The van der Waals surface area contributed by atoms with Gasteiger partial charge in [-0.05, 0) is 37.3 Å². The fraction of sp³-hybridized carbons (Fsp3) is 0.0833. The Labute approximate surface area is 173 Å². The van der Waals surface area contributed by atoms with Gasteiger partial charge < -0.3 is 13.9 Å². The Morgan fingerprint density at radius 2 is 1.63 bits per heavy atom. The van der Waals surface area contributed by atoms with Crippen LogP contribution in [0.1, 0.15) is 17.3 Å². The van der Waals surface area contributed by atoms with Crippen molar-refractivity contribution in [2.75, 3.05) is 11.9 Å². The highest BCUT2D eigenvalue weighted by molar-refractivity contribution is 6.09. The van der Waals surface area contributed by atoms with E-state index in [1.165, 1.54) is 0 Å². The van der Waals surface area contributed by atoms with Gasteiger partial charge in [-0.2, -0.15) is 0 Å². The maximum atomic E-state index is 12.7. The summed E-state index contributed by atoms with van der Waals surface area (Å²) in [6.45, 7) is 1.97. The highest BCUT2D eigenvalue weighted by Crippen LogP contribution is 2.36. The molecule has 0 radical (unpaired) electrons. The molecule has 0 bridgehead atoms. The van der Waals surface area contributed by atoms with Crippen LogP contribution in [0.15, 0.2) is 83.3 Å². The molecule has 0 aliphatic heterocycles. The van der Waals surface area contributed by atoms with Crippen molar-refractivity contribution < 1.29 is 23.5 Å². The van der Waals surface area contributed by atoms with E-state index in [4.69, 9.17) is 13.9 Å². The second kappa shape index (κ2) is 8.53. The summed E-state index contributed by atoms with van der Waals surface area (Å²) in [4.78, 5) is 24.9. The molecule has 0 atom stereocenters. The minimum Gasteiger partial charge on any atom is -0.462 e. The lowest BCUT2D eigenvalue weighted by Gasteiger charge is -2.07. The van der Waals surface area contributed by atoms with Crippen molar-refractivity contribution in [3.63, 3.8) is 0 Å². The number of carbonyl (C=O) groups excluding carboxylic acids is 2. The van der Waals surface area contributed by atoms with Gasteiger partial charge in [0.05, 0.1) is 6.61 Å². The van der Waals surface area contributed by atoms with E-state index in [0.717, 1.165) is 5.56 Å². The van der Waals surface area contributed by atoms with Crippen LogP contribution in [0.5, 0.6) is 5.75 Å². The number of hydrogen-bond acceptors (Lipinski definition) is 5. The van der Waals surface area contributed by atoms with Gasteiger partial charge in [0, 0.05) is 16.6 Å². The second-order valence-corrected chi connectivity index (χ2v) is 6.43. The molecule has 30 heavy (non-hydrogen) atoms. The average Bonchev–Trinajstić information content (AvgIpc) is 3.14. The van der Waals surface area contributed by atoms with Gasteiger partial charge in [-0.1, -0.05) is 48.5 Å². The van der Waals surface area contributed by atoms with Crippen LogP contribution in [0.25, 0.3) is 22.3 Å². The zero-order valence-corrected chi connectivity index (χ0v) is 16.3. The summed E-state index contributed by atoms with van der Waals surface area (Å²) in [5, 5.41) is 3.16. The van der Waals surface area contributed by atoms with Crippen LogP contribution in [0.2, 0.25) is 0 Å². The fourth-order valence-corrected chi connectivity index (χ4v) is 3.11. The lowest BCUT2D eigenvalue weighted by Crippen LogP contribution is -2.16. The number of anilines is 1. The summed E-state index contributed by atoms with van der Waals surface area (Å²) in [5.41, 5.74) is 2.16. The maximum absolute atomic E-state index is 12.7. The van der Waals surface area contributed by atoms with Crippen LogP contribution in [-0.4, -0.2) is 18.7 Å². The number of ether oxygens (including phenoxy) is 2. The molecule has 1 N–H and O–H groups in total. The molecule has 0 aliphatic carbocycles. The topological polar surface area (TPSA) is 77.8 Å². The number of hydrogen-bond donors (Lipinski definition) is 1. The van der Waals surface area contributed by atoms with Crippen LogP contribution in [0.4, 0.5) is 10.5 Å². The number of nitrogens with one attached hydrogen (secondary N) is 1. The quantitative estimate of drug-likeness (QED) is 0.422. The van der Waals surface area contributed by atoms with Crippen molar-refractivity contribution in [2.45, 2.75) is 6.92 Å². The molecular weight excluding hydrogens is 382 g/mol. The number of carbonyl (C=O) groups is 2. The molecule has 6 heteroatoms. The summed E-state index contributed by atoms with van der Waals surface area (Å²) < 4.78 is 16.6. The van der Waals surface area contributed by atoms with E-state index in [1.54, 1.807) is 37.3 Å². The van der Waals surface area contributed by atoms with Gasteiger partial charge in [0.15, 0.2) is 0 Å². The van der Waals surface area contributed by atoms with Gasteiger partial charge in [-0.15, -0.1) is 0 Å². The molecule has 150 valence electrons. The van der Waals surface area contributed by atoms with E-state index in [1.807, 2.05) is 48.5 Å². The number of fused-ring (bicyclic) bond motifs is 1. The lowest BCUT2D eigenvalue weighted by atomic mass is 10.1. The maximum Gasteiger partial charge on any atom is 0.417 e. The Hall–Kier alpha value is -4.06. The van der Waals surface area contributed by atoms with E-state index in [0.29, 0.717) is 28.0 Å². The van der Waals surface area contributed by atoms with Crippen molar-refractivity contribution in [3.05, 3.63) is 84.4 Å². The Balaban J connectivity index is 1.70. The Kier molecular flexibility index (Phi) is 5.48. The molecule has 0 spiro atoms. The smallest absolute Gasteiger partial charge is 0.417 e. The van der Waals surface area contributed by atoms with Crippen LogP contribution >= 0.6 is 0 Å². The molecule has 1 amide bonds. The van der Waals surface area contributed by atoms with E-state index in [9.17, 15) is 9.59 Å². The molecule has 0 fully saturated rings. The van der Waals surface area contributed by atoms with Gasteiger partial charge in [0.1, 0.15) is 22.7 Å². The van der Waals surface area contributed by atoms with Crippen molar-refractivity contribution in [2.24, 2.45) is 0 Å². The largest absolute Gasteiger partial charge is 0.462 e. The zero-order chi connectivity index (χ0) is 20.9. The molecule has 1 aromatic heterocycles. The van der Waals surface area contributed by atoms with Gasteiger partial charge in [0.2, 0.25) is 0 Å². The first-order valence-corrected chi connectivity index (χ1v) is 9.48. The van der Waals surface area contributed by atoms with E-state index >= 15 is 0 Å². The number of esters is 1. The summed E-state index contributed by atoms with van der Waals surface area (Å²) in [6.07, 6.45) is -0.634.